The van der Waals surface area contributed by atoms with Crippen molar-refractivity contribution >= 4 is 5.69 Å². The Labute approximate surface area is 123 Å². The molecular weight excluding hydrogens is 246 g/mol. The highest BCUT2D eigenvalue weighted by Crippen LogP contribution is 2.30. The van der Waals surface area contributed by atoms with Crippen LogP contribution in [-0.4, -0.2) is 30.2 Å². The molecule has 0 aliphatic carbocycles. The minimum Gasteiger partial charge on any atom is -0.367 e. The minimum absolute atomic E-state index is 0.557. The van der Waals surface area contributed by atoms with E-state index in [4.69, 9.17) is 0 Å². The summed E-state index contributed by atoms with van der Waals surface area (Å²) in [4.78, 5) is 7.16. The average Bonchev–Trinajstić information content (AvgIpc) is 2.41. The Morgan fingerprint density at radius 2 is 2.05 bits per heavy atom. The molecule has 1 aromatic heterocycles. The first-order valence-electron chi connectivity index (χ1n) is 7.98. The summed E-state index contributed by atoms with van der Waals surface area (Å²) in [5, 5.41) is 3.70. The van der Waals surface area contributed by atoms with E-state index in [1.165, 1.54) is 18.5 Å². The number of piperidine rings is 1. The number of nitrogens with zero attached hydrogens (tertiary/aromatic N) is 2. The van der Waals surface area contributed by atoms with Crippen LogP contribution in [-0.2, 0) is 0 Å². The maximum absolute atomic E-state index is 4.62. The third-order valence-electron chi connectivity index (χ3n) is 4.73. The van der Waals surface area contributed by atoms with E-state index in [2.05, 4.69) is 62.0 Å². The minimum atomic E-state index is 0.557. The summed E-state index contributed by atoms with van der Waals surface area (Å²) in [6.07, 6.45) is 2.43. The lowest BCUT2D eigenvalue weighted by atomic mass is 9.86. The Morgan fingerprint density at radius 3 is 2.70 bits per heavy atom. The first-order chi connectivity index (χ1) is 9.54. The highest BCUT2D eigenvalue weighted by atomic mass is 15.2. The van der Waals surface area contributed by atoms with Crippen LogP contribution in [0.15, 0.2) is 12.1 Å². The molecule has 1 aromatic rings. The van der Waals surface area contributed by atoms with E-state index < -0.39 is 0 Å². The largest absolute Gasteiger partial charge is 0.367 e. The van der Waals surface area contributed by atoms with Crippen LogP contribution in [0.5, 0.6) is 0 Å². The molecular formula is C17H29N3. The van der Waals surface area contributed by atoms with E-state index in [9.17, 15) is 0 Å². The zero-order valence-corrected chi connectivity index (χ0v) is 13.6. The average molecular weight is 275 g/mol. The van der Waals surface area contributed by atoms with E-state index in [0.717, 1.165) is 24.5 Å². The van der Waals surface area contributed by atoms with Crippen molar-refractivity contribution in [2.45, 2.75) is 59.5 Å². The number of aromatic nitrogens is 1. The van der Waals surface area contributed by atoms with Gasteiger partial charge in [0.15, 0.2) is 0 Å². The first-order valence-corrected chi connectivity index (χ1v) is 7.98. The van der Waals surface area contributed by atoms with E-state index in [1.54, 1.807) is 0 Å². The van der Waals surface area contributed by atoms with Gasteiger partial charge in [-0.3, -0.25) is 4.98 Å². The van der Waals surface area contributed by atoms with Crippen molar-refractivity contribution in [3.05, 3.63) is 23.5 Å². The van der Waals surface area contributed by atoms with Crippen LogP contribution < -0.4 is 10.2 Å². The molecule has 3 nitrogen and oxygen atoms in total. The monoisotopic (exact) mass is 275 g/mol. The van der Waals surface area contributed by atoms with Crippen molar-refractivity contribution in [1.29, 1.82) is 0 Å². The summed E-state index contributed by atoms with van der Waals surface area (Å²) in [6.45, 7) is 13.4. The SMILES string of the molecule is CCCNC1CCN(c2ccc(C)nc2C)C(C)C1C. The van der Waals surface area contributed by atoms with E-state index in [1.807, 2.05) is 0 Å². The van der Waals surface area contributed by atoms with Crippen LogP contribution in [0.25, 0.3) is 0 Å². The number of hydrogen-bond acceptors (Lipinski definition) is 3. The van der Waals surface area contributed by atoms with Crippen molar-refractivity contribution in [2.75, 3.05) is 18.0 Å². The van der Waals surface area contributed by atoms with Crippen LogP contribution in [0.3, 0.4) is 0 Å². The van der Waals surface area contributed by atoms with Crippen molar-refractivity contribution in [3.63, 3.8) is 0 Å². The van der Waals surface area contributed by atoms with E-state index in [-0.39, 0.29) is 0 Å². The predicted octanol–water partition coefficient (Wildman–Crippen LogP) is 3.30. The lowest BCUT2D eigenvalue weighted by Crippen LogP contribution is -2.53. The number of pyridine rings is 1. The van der Waals surface area contributed by atoms with Crippen LogP contribution in [0, 0.1) is 19.8 Å². The second-order valence-electron chi connectivity index (χ2n) is 6.20. The quantitative estimate of drug-likeness (QED) is 0.914. The van der Waals surface area contributed by atoms with Crippen LogP contribution >= 0.6 is 0 Å². The Morgan fingerprint density at radius 1 is 1.30 bits per heavy atom. The molecule has 3 heteroatoms. The molecule has 3 unspecified atom stereocenters. The predicted molar refractivity (Wildman–Crippen MR) is 86.4 cm³/mol. The lowest BCUT2D eigenvalue weighted by molar-refractivity contribution is 0.271. The Hall–Kier alpha value is -1.09. The molecule has 0 spiro atoms. The summed E-state index contributed by atoms with van der Waals surface area (Å²) >= 11 is 0. The van der Waals surface area contributed by atoms with Gasteiger partial charge in [-0.05, 0) is 58.2 Å². The van der Waals surface area contributed by atoms with Gasteiger partial charge in [0.25, 0.3) is 0 Å². The standard InChI is InChI=1S/C17H29N3/c1-6-10-18-16-9-11-20(15(5)13(16)3)17-8-7-12(2)19-14(17)4/h7-8,13,15-16,18H,6,9-11H2,1-5H3. The molecule has 1 saturated heterocycles. The summed E-state index contributed by atoms with van der Waals surface area (Å²) < 4.78 is 0. The molecule has 0 saturated carbocycles. The number of rotatable bonds is 4. The number of nitrogens with one attached hydrogen (secondary N) is 1. The molecule has 2 heterocycles. The van der Waals surface area contributed by atoms with Gasteiger partial charge in [0, 0.05) is 24.3 Å². The zero-order valence-electron chi connectivity index (χ0n) is 13.6. The van der Waals surface area contributed by atoms with Gasteiger partial charge in [0.05, 0.1) is 11.4 Å². The summed E-state index contributed by atoms with van der Waals surface area (Å²) in [7, 11) is 0. The Balaban J connectivity index is 2.11. The normalized spacial score (nSPS) is 26.9. The molecule has 3 atom stereocenters. The second-order valence-corrected chi connectivity index (χ2v) is 6.20. The molecule has 2 rings (SSSR count). The Kier molecular flexibility index (Phi) is 5.03. The molecule has 1 aliphatic heterocycles. The molecule has 1 N–H and O–H groups in total. The summed E-state index contributed by atoms with van der Waals surface area (Å²) in [5.74, 6) is 0.663. The topological polar surface area (TPSA) is 28.2 Å². The molecule has 1 fully saturated rings. The van der Waals surface area contributed by atoms with Crippen molar-refractivity contribution in [1.82, 2.24) is 10.3 Å². The maximum Gasteiger partial charge on any atom is 0.0609 e. The summed E-state index contributed by atoms with van der Waals surface area (Å²) in [6, 6.07) is 5.57. The van der Waals surface area contributed by atoms with Crippen molar-refractivity contribution < 1.29 is 0 Å². The Bertz CT molecular complexity index is 444. The molecule has 0 amide bonds. The molecule has 0 bridgehead atoms. The fraction of sp³-hybridized carbons (Fsp3) is 0.706. The third kappa shape index (κ3) is 3.14. The summed E-state index contributed by atoms with van der Waals surface area (Å²) in [5.41, 5.74) is 3.57. The second kappa shape index (κ2) is 6.57. The van der Waals surface area contributed by atoms with E-state index >= 15 is 0 Å². The molecule has 0 aromatic carbocycles. The third-order valence-corrected chi connectivity index (χ3v) is 4.73. The smallest absolute Gasteiger partial charge is 0.0609 e. The van der Waals surface area contributed by atoms with Crippen LogP contribution in [0.4, 0.5) is 5.69 Å². The van der Waals surface area contributed by atoms with Gasteiger partial charge in [-0.1, -0.05) is 13.8 Å². The van der Waals surface area contributed by atoms with Gasteiger partial charge in [-0.25, -0.2) is 0 Å². The lowest BCUT2D eigenvalue weighted by Gasteiger charge is -2.44. The van der Waals surface area contributed by atoms with E-state index in [0.29, 0.717) is 18.0 Å². The highest BCUT2D eigenvalue weighted by Gasteiger charge is 2.32. The fourth-order valence-corrected chi connectivity index (χ4v) is 3.31. The number of aryl methyl sites for hydroxylation is 2. The van der Waals surface area contributed by atoms with Gasteiger partial charge in [0.2, 0.25) is 0 Å². The van der Waals surface area contributed by atoms with Crippen LogP contribution in [0.1, 0.15) is 45.0 Å². The highest BCUT2D eigenvalue weighted by molar-refractivity contribution is 5.52. The van der Waals surface area contributed by atoms with Gasteiger partial charge >= 0.3 is 0 Å². The number of anilines is 1. The van der Waals surface area contributed by atoms with Gasteiger partial charge in [-0.15, -0.1) is 0 Å². The van der Waals surface area contributed by atoms with Gasteiger partial charge in [-0.2, -0.15) is 0 Å². The molecule has 20 heavy (non-hydrogen) atoms. The van der Waals surface area contributed by atoms with Crippen LogP contribution in [0.2, 0.25) is 0 Å². The van der Waals surface area contributed by atoms with Crippen molar-refractivity contribution in [3.8, 4) is 0 Å². The first kappa shape index (κ1) is 15.3. The van der Waals surface area contributed by atoms with Gasteiger partial charge in [0.1, 0.15) is 0 Å². The molecule has 0 radical (unpaired) electrons. The van der Waals surface area contributed by atoms with Crippen molar-refractivity contribution in [2.24, 2.45) is 5.92 Å². The fourth-order valence-electron chi connectivity index (χ4n) is 3.31. The zero-order chi connectivity index (χ0) is 14.7. The number of hydrogen-bond donors (Lipinski definition) is 1. The molecule has 1 aliphatic rings. The maximum atomic E-state index is 4.62. The van der Waals surface area contributed by atoms with Gasteiger partial charge < -0.3 is 10.2 Å². The molecule has 112 valence electrons.